The Morgan fingerprint density at radius 1 is 0.867 bits per heavy atom. The van der Waals surface area contributed by atoms with Crippen LogP contribution >= 0.6 is 48.2 Å². The van der Waals surface area contributed by atoms with Crippen LogP contribution in [0.3, 0.4) is 0 Å². The molecule has 1 heterocycles. The summed E-state index contributed by atoms with van der Waals surface area (Å²) in [5.41, 5.74) is 4.20. The molecule has 1 atom stereocenters. The molecular weight excluding hydrogens is 660 g/mol. The van der Waals surface area contributed by atoms with Crippen LogP contribution in [0.25, 0.3) is 5.57 Å². The number of halogens is 6. The van der Waals surface area contributed by atoms with Gasteiger partial charge in [0.15, 0.2) is 0 Å². The van der Waals surface area contributed by atoms with Crippen LogP contribution in [0, 0.1) is 0 Å². The van der Waals surface area contributed by atoms with E-state index >= 15 is 0 Å². The van der Waals surface area contributed by atoms with Crippen molar-refractivity contribution in [3.8, 4) is 5.75 Å². The number of ether oxygens (including phenoxy) is 1. The van der Waals surface area contributed by atoms with E-state index in [1.54, 1.807) is 0 Å². The number of hydrogen-bond donors (Lipinski definition) is 1. The number of fused-ring (bicyclic) bond motifs is 2. The Labute approximate surface area is 286 Å². The minimum absolute atomic E-state index is 0. The Hall–Kier alpha value is -2.65. The van der Waals surface area contributed by atoms with Gasteiger partial charge in [0.2, 0.25) is 0 Å². The van der Waals surface area contributed by atoms with Crippen LogP contribution in [0.15, 0.2) is 113 Å². The maximum Gasteiger partial charge on any atom is 0.416 e. The van der Waals surface area contributed by atoms with Gasteiger partial charge in [0, 0.05) is 27.8 Å². The van der Waals surface area contributed by atoms with Crippen molar-refractivity contribution >= 4 is 53.7 Å². The van der Waals surface area contributed by atoms with Crippen LogP contribution < -0.4 is 10.1 Å². The van der Waals surface area contributed by atoms with Crippen LogP contribution in [0.2, 0.25) is 5.02 Å². The van der Waals surface area contributed by atoms with E-state index in [1.165, 1.54) is 38.6 Å². The molecule has 1 unspecified atom stereocenters. The Kier molecular flexibility index (Phi) is 15.8. The van der Waals surface area contributed by atoms with Crippen molar-refractivity contribution in [3.05, 3.63) is 130 Å². The minimum Gasteiger partial charge on any atom is -0.486 e. The van der Waals surface area contributed by atoms with E-state index in [2.05, 4.69) is 66.8 Å². The molecule has 45 heavy (non-hydrogen) atoms. The Balaban J connectivity index is 0.000000300. The van der Waals surface area contributed by atoms with Gasteiger partial charge in [-0.05, 0) is 105 Å². The second kappa shape index (κ2) is 18.5. The average molecular weight is 698 g/mol. The van der Waals surface area contributed by atoms with Crippen molar-refractivity contribution in [2.45, 2.75) is 34.9 Å². The number of nitrogens with zero attached hydrogens (tertiary/aromatic N) is 1. The summed E-state index contributed by atoms with van der Waals surface area (Å²) in [7, 11) is 6.06. The van der Waals surface area contributed by atoms with Crippen molar-refractivity contribution in [3.63, 3.8) is 0 Å². The summed E-state index contributed by atoms with van der Waals surface area (Å²) in [5.74, 6) is 0.429. The van der Waals surface area contributed by atoms with Gasteiger partial charge in [0.05, 0.1) is 5.56 Å². The molecule has 0 bridgehead atoms. The van der Waals surface area contributed by atoms with Crippen LogP contribution in [0.4, 0.5) is 13.2 Å². The van der Waals surface area contributed by atoms with Gasteiger partial charge >= 0.3 is 6.18 Å². The Morgan fingerprint density at radius 2 is 1.51 bits per heavy atom. The monoisotopic (exact) mass is 696 g/mol. The van der Waals surface area contributed by atoms with E-state index in [9.17, 15) is 13.2 Å². The molecule has 3 nitrogen and oxygen atoms in total. The predicted octanol–water partition coefficient (Wildman–Crippen LogP) is 10.5. The first-order valence-electron chi connectivity index (χ1n) is 14.1. The molecule has 0 spiro atoms. The summed E-state index contributed by atoms with van der Waals surface area (Å²) < 4.78 is 43.6. The molecule has 0 saturated heterocycles. The molecule has 0 saturated carbocycles. The molecule has 1 aliphatic rings. The zero-order chi connectivity index (χ0) is 30.8. The van der Waals surface area contributed by atoms with Crippen molar-refractivity contribution in [1.29, 1.82) is 0 Å². The maximum absolute atomic E-state index is 12.6. The fourth-order valence-corrected chi connectivity index (χ4v) is 5.91. The molecule has 4 aromatic carbocycles. The smallest absolute Gasteiger partial charge is 0.416 e. The van der Waals surface area contributed by atoms with Gasteiger partial charge in [0.25, 0.3) is 0 Å². The number of nitrogens with one attached hydrogen (secondary N) is 1. The van der Waals surface area contributed by atoms with Gasteiger partial charge in [0.1, 0.15) is 11.9 Å². The molecule has 5 rings (SSSR count). The summed E-state index contributed by atoms with van der Waals surface area (Å²) in [4.78, 5) is 4.82. The van der Waals surface area contributed by atoms with Crippen LogP contribution in [-0.4, -0.2) is 39.1 Å². The topological polar surface area (TPSA) is 24.5 Å². The molecule has 0 fully saturated rings. The molecule has 0 aliphatic carbocycles. The first kappa shape index (κ1) is 38.5. The highest BCUT2D eigenvalue weighted by Crippen LogP contribution is 2.46. The molecule has 0 aromatic heterocycles. The van der Waals surface area contributed by atoms with E-state index in [0.717, 1.165) is 48.6 Å². The first-order chi connectivity index (χ1) is 20.7. The molecule has 242 valence electrons. The molecule has 10 heteroatoms. The number of benzene rings is 4. The maximum atomic E-state index is 12.6. The second-order valence-corrected chi connectivity index (χ2v) is 11.9. The SMILES string of the molecule is CN(C)CCC=C1c2ccccc2Sc2ccc(Cl)cc21.CNCCC(Oc1ccc(C(F)(F)F)cc1)c1ccccc1.Cl.Cl. The normalized spacial score (nSPS) is 13.4. The van der Waals surface area contributed by atoms with Crippen molar-refractivity contribution in [1.82, 2.24) is 10.2 Å². The summed E-state index contributed by atoms with van der Waals surface area (Å²) in [6.45, 7) is 1.80. The van der Waals surface area contributed by atoms with Gasteiger partial charge < -0.3 is 15.0 Å². The summed E-state index contributed by atoms with van der Waals surface area (Å²) >= 11 is 8.03. The van der Waals surface area contributed by atoms with E-state index in [4.69, 9.17) is 16.3 Å². The molecule has 0 radical (unpaired) electrons. The van der Waals surface area contributed by atoms with Gasteiger partial charge in [-0.2, -0.15) is 13.2 Å². The average Bonchev–Trinajstić information content (AvgIpc) is 2.99. The summed E-state index contributed by atoms with van der Waals surface area (Å²) in [6, 6.07) is 29.2. The third-order valence-electron chi connectivity index (χ3n) is 6.84. The number of alkyl halides is 3. The second-order valence-electron chi connectivity index (χ2n) is 10.4. The van der Waals surface area contributed by atoms with Crippen molar-refractivity contribution in [2.24, 2.45) is 0 Å². The molecule has 0 amide bonds. The fraction of sp³-hybridized carbons (Fsp3) is 0.257. The van der Waals surface area contributed by atoms with Crippen LogP contribution in [-0.2, 0) is 6.18 Å². The van der Waals surface area contributed by atoms with Gasteiger partial charge in [-0.3, -0.25) is 0 Å². The quantitative estimate of drug-likeness (QED) is 0.166. The lowest BCUT2D eigenvalue weighted by molar-refractivity contribution is -0.137. The third kappa shape index (κ3) is 11.3. The highest BCUT2D eigenvalue weighted by atomic mass is 35.5. The van der Waals surface area contributed by atoms with Gasteiger partial charge in [-0.15, -0.1) is 24.8 Å². The van der Waals surface area contributed by atoms with Crippen molar-refractivity contribution in [2.75, 3.05) is 34.2 Å². The summed E-state index contributed by atoms with van der Waals surface area (Å²) in [6.07, 6.45) is -0.433. The zero-order valence-electron chi connectivity index (χ0n) is 25.3. The fourth-order valence-electron chi connectivity index (χ4n) is 4.65. The standard InChI is InChI=1S/C18H18ClNS.C17H18F3NO.2ClH/c1-20(2)11-5-7-14-15-6-3-4-8-17(15)21-18-10-9-13(19)12-16(14)18;1-21-12-11-16(13-5-3-2-4-6-13)22-15-9-7-14(8-10-15)17(18,19)20;;/h3-4,6-10,12H,5,11H2,1-2H3;2-10,16,21H,11-12H2,1H3;2*1H. The highest BCUT2D eigenvalue weighted by Gasteiger charge is 2.30. The number of hydrogen-bond acceptors (Lipinski definition) is 4. The van der Waals surface area contributed by atoms with E-state index < -0.39 is 11.7 Å². The largest absolute Gasteiger partial charge is 0.486 e. The first-order valence-corrected chi connectivity index (χ1v) is 15.3. The molecule has 1 aliphatic heterocycles. The predicted molar refractivity (Wildman–Crippen MR) is 187 cm³/mol. The van der Waals surface area contributed by atoms with Gasteiger partial charge in [-0.25, -0.2) is 0 Å². The van der Waals surface area contributed by atoms with E-state index in [0.29, 0.717) is 5.75 Å². The van der Waals surface area contributed by atoms with Crippen LogP contribution in [0.1, 0.15) is 41.2 Å². The zero-order valence-corrected chi connectivity index (χ0v) is 28.5. The minimum atomic E-state index is -4.33. The molecular formula is C35H38Cl3F3N2OS. The van der Waals surface area contributed by atoms with E-state index in [1.807, 2.05) is 55.2 Å². The Bertz CT molecular complexity index is 1500. The van der Waals surface area contributed by atoms with E-state index in [-0.39, 0.29) is 30.9 Å². The van der Waals surface area contributed by atoms with Gasteiger partial charge in [-0.1, -0.05) is 78.0 Å². The number of rotatable bonds is 9. The lowest BCUT2D eigenvalue weighted by Gasteiger charge is -2.22. The Morgan fingerprint density at radius 3 is 2.16 bits per heavy atom. The lowest BCUT2D eigenvalue weighted by atomic mass is 9.96. The molecule has 4 aromatic rings. The third-order valence-corrected chi connectivity index (χ3v) is 8.23. The van der Waals surface area contributed by atoms with Crippen LogP contribution in [0.5, 0.6) is 5.75 Å². The highest BCUT2D eigenvalue weighted by molar-refractivity contribution is 7.99. The lowest BCUT2D eigenvalue weighted by Crippen LogP contribution is -2.16. The summed E-state index contributed by atoms with van der Waals surface area (Å²) in [5, 5.41) is 3.85. The van der Waals surface area contributed by atoms with Crippen molar-refractivity contribution < 1.29 is 17.9 Å². The molecule has 1 N–H and O–H groups in total.